The summed E-state index contributed by atoms with van der Waals surface area (Å²) in [6.45, 7) is 3.96. The molecule has 22 heavy (non-hydrogen) atoms. The van der Waals surface area contributed by atoms with E-state index in [-0.39, 0.29) is 23.9 Å². The topological polar surface area (TPSA) is 53.1 Å². The molecule has 124 valence electrons. The molecule has 0 bridgehead atoms. The minimum absolute atomic E-state index is 0.0150. The van der Waals surface area contributed by atoms with Crippen molar-refractivity contribution in [3.63, 3.8) is 0 Å². The van der Waals surface area contributed by atoms with Crippen LogP contribution in [0.5, 0.6) is 0 Å². The Labute approximate surface area is 132 Å². The van der Waals surface area contributed by atoms with Crippen LogP contribution >= 0.6 is 0 Å². The Bertz CT molecular complexity index is 438. The van der Waals surface area contributed by atoms with E-state index in [4.69, 9.17) is 4.74 Å². The highest BCUT2D eigenvalue weighted by atomic mass is 16.5. The van der Waals surface area contributed by atoms with Crippen molar-refractivity contribution in [3.05, 3.63) is 0 Å². The van der Waals surface area contributed by atoms with E-state index in [1.54, 1.807) is 19.0 Å². The Morgan fingerprint density at radius 2 is 2.05 bits per heavy atom. The maximum absolute atomic E-state index is 12.3. The molecule has 1 atom stereocenters. The molecule has 0 aromatic rings. The minimum Gasteiger partial charge on any atom is -0.380 e. The molecule has 2 amide bonds. The monoisotopic (exact) mass is 309 g/mol. The summed E-state index contributed by atoms with van der Waals surface area (Å²) in [4.78, 5) is 30.3. The van der Waals surface area contributed by atoms with E-state index in [1.807, 2.05) is 4.90 Å². The first-order valence-corrected chi connectivity index (χ1v) is 8.34. The first-order chi connectivity index (χ1) is 10.5. The molecule has 0 radical (unpaired) electrons. The Morgan fingerprint density at radius 1 is 1.32 bits per heavy atom. The zero-order valence-corrected chi connectivity index (χ0v) is 13.7. The van der Waals surface area contributed by atoms with Gasteiger partial charge in [-0.05, 0) is 25.7 Å². The lowest BCUT2D eigenvalue weighted by atomic mass is 9.84. The molecule has 3 rings (SSSR count). The van der Waals surface area contributed by atoms with E-state index in [1.165, 1.54) is 0 Å². The number of hydrogen-bond acceptors (Lipinski definition) is 4. The molecule has 1 spiro atoms. The van der Waals surface area contributed by atoms with Crippen LogP contribution < -0.4 is 0 Å². The Kier molecular flexibility index (Phi) is 4.41. The lowest BCUT2D eigenvalue weighted by Crippen LogP contribution is -2.56. The summed E-state index contributed by atoms with van der Waals surface area (Å²) in [6.07, 6.45) is 4.58. The van der Waals surface area contributed by atoms with Gasteiger partial charge in [0.15, 0.2) is 0 Å². The molecule has 0 aromatic carbocycles. The first kappa shape index (κ1) is 15.7. The average molecular weight is 309 g/mol. The Morgan fingerprint density at radius 3 is 2.64 bits per heavy atom. The highest BCUT2D eigenvalue weighted by molar-refractivity contribution is 5.86. The molecule has 3 saturated heterocycles. The maximum Gasteiger partial charge on any atom is 0.241 e. The molecule has 3 aliphatic rings. The zero-order chi connectivity index (χ0) is 15.7. The van der Waals surface area contributed by atoms with Gasteiger partial charge in [-0.15, -0.1) is 0 Å². The first-order valence-electron chi connectivity index (χ1n) is 8.34. The number of likely N-dealkylation sites (N-methyl/N-ethyl adjacent to an activating group) is 1. The fourth-order valence-corrected chi connectivity index (χ4v) is 4.04. The number of ether oxygens (including phenoxy) is 1. The minimum atomic E-state index is -0.0846. The summed E-state index contributed by atoms with van der Waals surface area (Å²) in [5, 5.41) is 0. The molecule has 6 heteroatoms. The SMILES string of the molecule is CN(C)C(=O)CN1C(=O)CCC12CCN(C1CCOC1)CC2. The number of hydrogen-bond donors (Lipinski definition) is 0. The normalized spacial score (nSPS) is 28.5. The van der Waals surface area contributed by atoms with E-state index in [0.29, 0.717) is 12.5 Å². The number of amides is 2. The van der Waals surface area contributed by atoms with Crippen molar-refractivity contribution in [3.8, 4) is 0 Å². The van der Waals surface area contributed by atoms with Crippen LogP contribution in [0.3, 0.4) is 0 Å². The summed E-state index contributed by atoms with van der Waals surface area (Å²) in [5.41, 5.74) is -0.0846. The molecule has 0 aliphatic carbocycles. The standard InChI is InChI=1S/C16H27N3O3/c1-17(2)15(21)11-19-14(20)3-5-16(19)6-8-18(9-7-16)13-4-10-22-12-13/h13H,3-12H2,1-2H3. The zero-order valence-electron chi connectivity index (χ0n) is 13.7. The molecule has 0 N–H and O–H groups in total. The highest BCUT2D eigenvalue weighted by Gasteiger charge is 2.48. The van der Waals surface area contributed by atoms with Crippen molar-refractivity contribution in [1.29, 1.82) is 0 Å². The van der Waals surface area contributed by atoms with E-state index >= 15 is 0 Å². The molecule has 6 nitrogen and oxygen atoms in total. The van der Waals surface area contributed by atoms with Crippen molar-refractivity contribution in [2.45, 2.75) is 43.7 Å². The third kappa shape index (κ3) is 2.86. The second-order valence-corrected chi connectivity index (χ2v) is 7.05. The Balaban J connectivity index is 1.64. The fraction of sp³-hybridized carbons (Fsp3) is 0.875. The van der Waals surface area contributed by atoms with Crippen molar-refractivity contribution < 1.29 is 14.3 Å². The van der Waals surface area contributed by atoms with Crippen molar-refractivity contribution in [1.82, 2.24) is 14.7 Å². The third-order valence-corrected chi connectivity index (χ3v) is 5.62. The van der Waals surface area contributed by atoms with E-state index in [9.17, 15) is 9.59 Å². The van der Waals surface area contributed by atoms with E-state index in [2.05, 4.69) is 4.90 Å². The van der Waals surface area contributed by atoms with E-state index < -0.39 is 0 Å². The van der Waals surface area contributed by atoms with Crippen LogP contribution in [0.25, 0.3) is 0 Å². The van der Waals surface area contributed by atoms with Gasteiger partial charge < -0.3 is 14.5 Å². The lowest BCUT2D eigenvalue weighted by Gasteiger charge is -2.46. The number of carbonyl (C=O) groups is 2. The van der Waals surface area contributed by atoms with Gasteiger partial charge in [0.1, 0.15) is 6.54 Å². The van der Waals surface area contributed by atoms with Gasteiger partial charge in [0.05, 0.1) is 6.61 Å². The fourth-order valence-electron chi connectivity index (χ4n) is 4.04. The summed E-state index contributed by atoms with van der Waals surface area (Å²) in [5.74, 6) is 0.161. The van der Waals surface area contributed by atoms with Gasteiger partial charge in [-0.3, -0.25) is 14.5 Å². The predicted molar refractivity (Wildman–Crippen MR) is 82.4 cm³/mol. The van der Waals surface area contributed by atoms with Crippen LogP contribution in [-0.4, -0.2) is 85.0 Å². The Hall–Kier alpha value is -1.14. The van der Waals surface area contributed by atoms with Gasteiger partial charge in [-0.1, -0.05) is 0 Å². The van der Waals surface area contributed by atoms with Crippen LogP contribution in [0.2, 0.25) is 0 Å². The van der Waals surface area contributed by atoms with Crippen LogP contribution in [-0.2, 0) is 14.3 Å². The number of likely N-dealkylation sites (tertiary alicyclic amines) is 2. The summed E-state index contributed by atoms with van der Waals surface area (Å²) in [6, 6.07) is 0.548. The summed E-state index contributed by atoms with van der Waals surface area (Å²) >= 11 is 0. The number of rotatable bonds is 3. The average Bonchev–Trinajstić information content (AvgIpc) is 3.13. The van der Waals surface area contributed by atoms with Gasteiger partial charge in [0.2, 0.25) is 11.8 Å². The molecule has 0 aromatic heterocycles. The van der Waals surface area contributed by atoms with Crippen molar-refractivity contribution in [2.24, 2.45) is 0 Å². The largest absolute Gasteiger partial charge is 0.380 e. The van der Waals surface area contributed by atoms with Crippen molar-refractivity contribution >= 4 is 11.8 Å². The molecule has 3 heterocycles. The molecule has 0 saturated carbocycles. The quantitative estimate of drug-likeness (QED) is 0.753. The molecular formula is C16H27N3O3. The van der Waals surface area contributed by atoms with E-state index in [0.717, 1.165) is 52.0 Å². The van der Waals surface area contributed by atoms with Gasteiger partial charge in [-0.25, -0.2) is 0 Å². The number of piperidine rings is 1. The lowest BCUT2D eigenvalue weighted by molar-refractivity contribution is -0.141. The van der Waals surface area contributed by atoms with Gasteiger partial charge in [0.25, 0.3) is 0 Å². The van der Waals surface area contributed by atoms with Crippen LogP contribution in [0, 0.1) is 0 Å². The summed E-state index contributed by atoms with van der Waals surface area (Å²) in [7, 11) is 3.50. The molecular weight excluding hydrogens is 282 g/mol. The van der Waals surface area contributed by atoms with Crippen molar-refractivity contribution in [2.75, 3.05) is 46.9 Å². The predicted octanol–water partition coefficient (Wildman–Crippen LogP) is 0.321. The van der Waals surface area contributed by atoms with Crippen LogP contribution in [0.15, 0.2) is 0 Å². The molecule has 1 unspecified atom stereocenters. The van der Waals surface area contributed by atoms with Gasteiger partial charge in [-0.2, -0.15) is 0 Å². The van der Waals surface area contributed by atoms with Crippen LogP contribution in [0.4, 0.5) is 0 Å². The molecule has 3 fully saturated rings. The second-order valence-electron chi connectivity index (χ2n) is 7.05. The van der Waals surface area contributed by atoms with Crippen LogP contribution in [0.1, 0.15) is 32.1 Å². The number of nitrogens with zero attached hydrogens (tertiary/aromatic N) is 3. The molecule has 3 aliphatic heterocycles. The van der Waals surface area contributed by atoms with Gasteiger partial charge >= 0.3 is 0 Å². The smallest absolute Gasteiger partial charge is 0.241 e. The highest BCUT2D eigenvalue weighted by Crippen LogP contribution is 2.39. The summed E-state index contributed by atoms with van der Waals surface area (Å²) < 4.78 is 5.49. The third-order valence-electron chi connectivity index (χ3n) is 5.62. The number of carbonyl (C=O) groups excluding carboxylic acids is 2. The second kappa shape index (κ2) is 6.16. The van der Waals surface area contributed by atoms with Gasteiger partial charge in [0, 0.05) is 51.8 Å². The maximum atomic E-state index is 12.3.